The first-order valence-electron chi connectivity index (χ1n) is 6.12. The van der Waals surface area contributed by atoms with Gasteiger partial charge in [-0.15, -0.1) is 11.3 Å². The molecule has 0 amide bonds. The van der Waals surface area contributed by atoms with Crippen LogP contribution in [0.1, 0.15) is 21.6 Å². The van der Waals surface area contributed by atoms with Crippen molar-refractivity contribution in [1.29, 1.82) is 0 Å². The molecule has 8 heteroatoms. The van der Waals surface area contributed by atoms with Crippen LogP contribution in [0.15, 0.2) is 24.3 Å². The number of alkyl halides is 1. The van der Waals surface area contributed by atoms with Gasteiger partial charge < -0.3 is 20.5 Å². The molecular formula is C13H24FNO3P2S. The third-order valence-corrected chi connectivity index (χ3v) is 8.10. The molecule has 1 aromatic carbocycles. The fraction of sp³-hybridized carbons (Fsp3) is 0.308. The van der Waals surface area contributed by atoms with E-state index >= 15 is 0 Å². The zero-order chi connectivity index (χ0) is 14.8. The second kappa shape index (κ2) is 7.68. The Bertz CT molecular complexity index is 625. The van der Waals surface area contributed by atoms with Gasteiger partial charge in [0.05, 0.1) is 7.84 Å². The molecule has 1 saturated heterocycles. The largest absolute Gasteiger partial charge is 0.412 e. The average molecular weight is 355 g/mol. The number of thiophene rings is 1. The summed E-state index contributed by atoms with van der Waals surface area (Å²) in [5, 5.41) is 2.97. The van der Waals surface area contributed by atoms with E-state index in [1.54, 1.807) is 11.3 Å². The van der Waals surface area contributed by atoms with Crippen LogP contribution in [0, 0.1) is 0 Å². The van der Waals surface area contributed by atoms with Crippen molar-refractivity contribution in [1.82, 2.24) is 5.32 Å². The molecule has 2 heterocycles. The standard InChI is InChI=1S/C12H14FNOP2S.CH2O.H2O.3H2/c1-2-14-7-10-6-8-5-9(3-4-11(8)18-10)12(13)16-17(12)15;1-2;;;;/h3-6,14-16H,2,7H2,1H3;1H2;1H2;3*1H. The number of carbonyl (C=O) groups is 1. The molecule has 0 spiro atoms. The first kappa shape index (κ1) is 18.6. The number of nitrogens with one attached hydrogen (secondary N) is 1. The quantitative estimate of drug-likeness (QED) is 0.818. The van der Waals surface area contributed by atoms with Gasteiger partial charge in [-0.3, -0.25) is 0 Å². The average Bonchev–Trinajstić information content (AvgIpc) is 2.91. The van der Waals surface area contributed by atoms with Crippen molar-refractivity contribution in [2.45, 2.75) is 18.6 Å². The molecule has 3 unspecified atom stereocenters. The molecule has 21 heavy (non-hydrogen) atoms. The fourth-order valence-corrected chi connectivity index (χ4v) is 5.72. The predicted octanol–water partition coefficient (Wildman–Crippen LogP) is 3.82. The summed E-state index contributed by atoms with van der Waals surface area (Å²) in [5.74, 6) is 0. The Labute approximate surface area is 134 Å². The van der Waals surface area contributed by atoms with Crippen LogP contribution in [-0.4, -0.2) is 23.7 Å². The highest BCUT2D eigenvalue weighted by Crippen LogP contribution is 2.94. The summed E-state index contributed by atoms with van der Waals surface area (Å²) < 4.78 is 15.3. The van der Waals surface area contributed by atoms with Crippen LogP contribution in [0.4, 0.5) is 4.39 Å². The summed E-state index contributed by atoms with van der Waals surface area (Å²) in [6, 6.07) is 7.80. The van der Waals surface area contributed by atoms with Crippen molar-refractivity contribution >= 4 is 44.3 Å². The lowest BCUT2D eigenvalue weighted by molar-refractivity contribution is -0.0979. The van der Waals surface area contributed by atoms with E-state index in [0.29, 0.717) is 5.56 Å². The maximum absolute atomic E-state index is 14.1. The Hall–Kier alpha value is -0.480. The number of hydrogen-bond donors (Lipinski definition) is 2. The molecule has 0 aliphatic carbocycles. The van der Waals surface area contributed by atoms with Crippen LogP contribution >= 0.6 is 27.4 Å². The number of halogens is 1. The minimum atomic E-state index is -1.41. The van der Waals surface area contributed by atoms with Crippen molar-refractivity contribution in [2.24, 2.45) is 0 Å². The fourth-order valence-electron chi connectivity index (χ4n) is 1.94. The van der Waals surface area contributed by atoms with Gasteiger partial charge in [0, 0.05) is 26.0 Å². The minimum Gasteiger partial charge on any atom is -0.412 e. The van der Waals surface area contributed by atoms with Crippen LogP contribution < -0.4 is 5.32 Å². The van der Waals surface area contributed by atoms with Gasteiger partial charge in [0.1, 0.15) is 6.79 Å². The van der Waals surface area contributed by atoms with Crippen molar-refractivity contribution in [3.8, 4) is 0 Å². The Balaban J connectivity index is -0.000000710. The number of fused-ring (bicyclic) bond motifs is 1. The van der Waals surface area contributed by atoms with Gasteiger partial charge >= 0.3 is 0 Å². The van der Waals surface area contributed by atoms with Crippen molar-refractivity contribution < 1.29 is 23.8 Å². The summed E-state index contributed by atoms with van der Waals surface area (Å²) in [7, 11) is -1.35. The Morgan fingerprint density at radius 1 is 1.52 bits per heavy atom. The van der Waals surface area contributed by atoms with Gasteiger partial charge in [-0.2, -0.15) is 0 Å². The smallest absolute Gasteiger partial charge is 0.203 e. The van der Waals surface area contributed by atoms with Crippen LogP contribution in [0.3, 0.4) is 0 Å². The highest BCUT2D eigenvalue weighted by molar-refractivity contribution is 8.36. The van der Waals surface area contributed by atoms with E-state index in [-0.39, 0.29) is 18.0 Å². The third kappa shape index (κ3) is 3.84. The van der Waals surface area contributed by atoms with Crippen LogP contribution in [-0.2, 0) is 16.5 Å². The van der Waals surface area contributed by atoms with E-state index in [2.05, 4.69) is 18.3 Å². The van der Waals surface area contributed by atoms with Crippen LogP contribution in [0.5, 0.6) is 0 Å². The summed E-state index contributed by atoms with van der Waals surface area (Å²) in [4.78, 5) is 18.7. The third-order valence-electron chi connectivity index (χ3n) is 3.00. The summed E-state index contributed by atoms with van der Waals surface area (Å²) in [6.45, 7) is 5.89. The molecular weight excluding hydrogens is 331 g/mol. The van der Waals surface area contributed by atoms with E-state index in [9.17, 15) is 9.28 Å². The van der Waals surface area contributed by atoms with E-state index in [1.807, 2.05) is 25.0 Å². The lowest BCUT2D eigenvalue weighted by Gasteiger charge is -2.04. The molecule has 1 aromatic heterocycles. The second-order valence-corrected chi connectivity index (χ2v) is 9.97. The molecule has 3 rings (SSSR count). The van der Waals surface area contributed by atoms with Gasteiger partial charge in [0.2, 0.25) is 5.15 Å². The molecule has 4 nitrogen and oxygen atoms in total. The Morgan fingerprint density at radius 2 is 2.19 bits per heavy atom. The van der Waals surface area contributed by atoms with Crippen LogP contribution in [0.25, 0.3) is 10.1 Å². The lowest BCUT2D eigenvalue weighted by Crippen LogP contribution is -2.10. The maximum atomic E-state index is 14.1. The molecule has 0 saturated carbocycles. The molecule has 0 bridgehead atoms. The van der Waals surface area contributed by atoms with Crippen molar-refractivity contribution in [3.05, 3.63) is 34.7 Å². The van der Waals surface area contributed by atoms with Crippen molar-refractivity contribution in [3.63, 3.8) is 0 Å². The lowest BCUT2D eigenvalue weighted by atomic mass is 10.2. The number of rotatable bonds is 4. The SMILES string of the molecule is C=O.CCNCc1cc2cc(C3(F)PP3O)ccc2s1.O.[HH].[HH].[HH]. The first-order chi connectivity index (χ1) is 9.63. The normalized spacial score (nSPS) is 24.2. The van der Waals surface area contributed by atoms with Crippen LogP contribution in [0.2, 0.25) is 0 Å². The zero-order valence-corrected chi connectivity index (χ0v) is 14.2. The van der Waals surface area contributed by atoms with Gasteiger partial charge in [-0.05, 0) is 38.4 Å². The number of benzene rings is 1. The monoisotopic (exact) mass is 355 g/mol. The van der Waals surface area contributed by atoms with Crippen molar-refractivity contribution in [2.75, 3.05) is 6.54 Å². The summed E-state index contributed by atoms with van der Waals surface area (Å²) >= 11 is 1.74. The molecule has 2 aromatic rings. The van der Waals surface area contributed by atoms with E-state index < -0.39 is 13.0 Å². The van der Waals surface area contributed by atoms with Gasteiger partial charge in [0.15, 0.2) is 0 Å². The molecule has 3 atom stereocenters. The first-order valence-corrected chi connectivity index (χ1v) is 10.1. The highest BCUT2D eigenvalue weighted by atomic mass is 32.1. The van der Waals surface area contributed by atoms with E-state index in [4.69, 9.17) is 4.79 Å². The summed E-state index contributed by atoms with van der Waals surface area (Å²) in [5.41, 5.74) is 0.648. The van der Waals surface area contributed by atoms with E-state index in [1.165, 1.54) is 9.58 Å². The van der Waals surface area contributed by atoms with Gasteiger partial charge in [-0.25, -0.2) is 4.39 Å². The molecule has 0 radical (unpaired) electrons. The maximum Gasteiger partial charge on any atom is 0.203 e. The molecule has 122 valence electrons. The Morgan fingerprint density at radius 3 is 2.76 bits per heavy atom. The predicted molar refractivity (Wildman–Crippen MR) is 96.5 cm³/mol. The molecule has 1 aliphatic heterocycles. The second-order valence-electron chi connectivity index (χ2n) is 4.29. The molecule has 1 aliphatic rings. The van der Waals surface area contributed by atoms with Gasteiger partial charge in [-0.1, -0.05) is 13.0 Å². The highest BCUT2D eigenvalue weighted by Gasteiger charge is 2.57. The number of hydrogen-bond acceptors (Lipinski definition) is 4. The minimum absolute atomic E-state index is 0. The zero-order valence-electron chi connectivity index (χ0n) is 11.5. The summed E-state index contributed by atoms with van der Waals surface area (Å²) in [6.07, 6.45) is 0. The molecule has 4 N–H and O–H groups in total. The number of carbonyl (C=O) groups excluding carboxylic acids is 1. The van der Waals surface area contributed by atoms with E-state index in [0.717, 1.165) is 18.5 Å². The topological polar surface area (TPSA) is 80.8 Å². The molecule has 1 fully saturated rings. The Kier molecular flexibility index (Phi) is 6.79. The van der Waals surface area contributed by atoms with Gasteiger partial charge in [0.25, 0.3) is 0 Å².